The van der Waals surface area contributed by atoms with Gasteiger partial charge in [0.05, 0.1) is 11.9 Å². The highest BCUT2D eigenvalue weighted by molar-refractivity contribution is 5.68. The van der Waals surface area contributed by atoms with E-state index in [9.17, 15) is 17.6 Å². The predicted molar refractivity (Wildman–Crippen MR) is 41.6 cm³/mol. The van der Waals surface area contributed by atoms with E-state index in [1.54, 1.807) is 6.07 Å². The van der Waals surface area contributed by atoms with Crippen molar-refractivity contribution < 1.29 is 17.6 Å². The fraction of sp³-hybridized carbons (Fsp3) is 0.111. The molecule has 0 amide bonds. The minimum atomic E-state index is -4.64. The van der Waals surface area contributed by atoms with Crippen LogP contribution in [0.25, 0.3) is 5.57 Å². The van der Waals surface area contributed by atoms with Crippen LogP contribution in [0.5, 0.6) is 0 Å². The molecule has 1 aromatic carbocycles. The van der Waals surface area contributed by atoms with Gasteiger partial charge in [-0.25, -0.2) is 4.39 Å². The molecule has 0 atom stereocenters. The molecule has 0 nitrogen and oxygen atoms in total. The molecule has 70 valence electrons. The van der Waals surface area contributed by atoms with Gasteiger partial charge in [0.1, 0.15) is 0 Å². The number of hydrogen-bond acceptors (Lipinski definition) is 0. The molecule has 0 radical (unpaired) electrons. The first-order chi connectivity index (χ1) is 6.05. The third kappa shape index (κ3) is 2.31. The molecule has 0 heterocycles. The number of rotatable bonds is 1. The van der Waals surface area contributed by atoms with Crippen molar-refractivity contribution in [1.82, 2.24) is 0 Å². The van der Waals surface area contributed by atoms with E-state index in [4.69, 9.17) is 0 Å². The van der Waals surface area contributed by atoms with Gasteiger partial charge in [-0.05, 0) is 5.56 Å². The van der Waals surface area contributed by atoms with Gasteiger partial charge in [0.15, 0.2) is 0 Å². The normalized spacial score (nSPS) is 13.1. The maximum absolute atomic E-state index is 12.1. The second-order valence-corrected chi connectivity index (χ2v) is 2.39. The number of alkyl halides is 3. The van der Waals surface area contributed by atoms with E-state index >= 15 is 0 Å². The first-order valence-electron chi connectivity index (χ1n) is 3.48. The maximum atomic E-state index is 12.1. The molecule has 0 aliphatic rings. The quantitative estimate of drug-likeness (QED) is 0.594. The summed E-state index contributed by atoms with van der Waals surface area (Å²) >= 11 is 0. The first-order valence-corrected chi connectivity index (χ1v) is 3.48. The lowest BCUT2D eigenvalue weighted by atomic mass is 10.1. The van der Waals surface area contributed by atoms with Crippen LogP contribution in [0.15, 0.2) is 36.7 Å². The molecule has 0 N–H and O–H groups in total. The Labute approximate surface area is 72.5 Å². The van der Waals surface area contributed by atoms with Crippen LogP contribution < -0.4 is 0 Å². The highest BCUT2D eigenvalue weighted by Crippen LogP contribution is 2.33. The highest BCUT2D eigenvalue weighted by atomic mass is 19.4. The SMILES string of the molecule is F/C=C(\c1ccccc1)C(F)(F)F. The second-order valence-electron chi connectivity index (χ2n) is 2.39. The number of allylic oxidation sites excluding steroid dienone is 1. The topological polar surface area (TPSA) is 0 Å². The molecule has 1 rings (SSSR count). The summed E-state index contributed by atoms with van der Waals surface area (Å²) in [5, 5.41) is 0. The molecule has 0 unspecified atom stereocenters. The second kappa shape index (κ2) is 3.60. The van der Waals surface area contributed by atoms with Crippen molar-refractivity contribution in [2.45, 2.75) is 6.18 Å². The lowest BCUT2D eigenvalue weighted by molar-refractivity contribution is -0.0694. The Morgan fingerprint density at radius 1 is 1.08 bits per heavy atom. The smallest absolute Gasteiger partial charge is 0.215 e. The summed E-state index contributed by atoms with van der Waals surface area (Å²) in [5.74, 6) is 0. The zero-order valence-electron chi connectivity index (χ0n) is 6.48. The van der Waals surface area contributed by atoms with Crippen molar-refractivity contribution in [2.75, 3.05) is 0 Å². The zero-order valence-corrected chi connectivity index (χ0v) is 6.48. The summed E-state index contributed by atoms with van der Waals surface area (Å²) in [5.41, 5.74) is -1.43. The summed E-state index contributed by atoms with van der Waals surface area (Å²) in [6.45, 7) is 0. The van der Waals surface area contributed by atoms with Crippen LogP contribution in [-0.4, -0.2) is 6.18 Å². The summed E-state index contributed by atoms with van der Waals surface area (Å²) in [7, 11) is 0. The van der Waals surface area contributed by atoms with Crippen molar-refractivity contribution in [1.29, 1.82) is 0 Å². The number of hydrogen-bond donors (Lipinski definition) is 0. The van der Waals surface area contributed by atoms with E-state index in [2.05, 4.69) is 0 Å². The average Bonchev–Trinajstić information content (AvgIpc) is 2.05. The molecule has 1 aromatic rings. The lowest BCUT2D eigenvalue weighted by Gasteiger charge is -2.09. The Morgan fingerprint density at radius 3 is 2.00 bits per heavy atom. The van der Waals surface area contributed by atoms with Gasteiger partial charge in [0.2, 0.25) is 0 Å². The predicted octanol–water partition coefficient (Wildman–Crippen LogP) is 3.56. The molecule has 0 aliphatic heterocycles. The summed E-state index contributed by atoms with van der Waals surface area (Å²) in [6.07, 6.45) is -5.06. The van der Waals surface area contributed by atoms with Crippen LogP contribution in [0.3, 0.4) is 0 Å². The fourth-order valence-electron chi connectivity index (χ4n) is 0.906. The van der Waals surface area contributed by atoms with Crippen molar-refractivity contribution >= 4 is 5.57 Å². The third-order valence-corrected chi connectivity index (χ3v) is 1.50. The standard InChI is InChI=1S/C9H6F4/c10-6-8(9(11,12)13)7-4-2-1-3-5-7/h1-6H/b8-6+. The zero-order chi connectivity index (χ0) is 9.90. The molecule has 13 heavy (non-hydrogen) atoms. The minimum absolute atomic E-state index is 0.169. The van der Waals surface area contributed by atoms with E-state index in [0.29, 0.717) is 0 Å². The van der Waals surface area contributed by atoms with Crippen molar-refractivity contribution in [3.63, 3.8) is 0 Å². The molecule has 4 heteroatoms. The van der Waals surface area contributed by atoms with Gasteiger partial charge in [0, 0.05) is 0 Å². The van der Waals surface area contributed by atoms with Gasteiger partial charge in [-0.3, -0.25) is 0 Å². The number of halogens is 4. The van der Waals surface area contributed by atoms with Gasteiger partial charge in [-0.1, -0.05) is 30.3 Å². The van der Waals surface area contributed by atoms with E-state index in [1.165, 1.54) is 24.3 Å². The summed E-state index contributed by atoms with van der Waals surface area (Å²) in [6, 6.07) is 6.82. The molecular formula is C9H6F4. The Hall–Kier alpha value is -1.32. The number of benzene rings is 1. The Morgan fingerprint density at radius 2 is 1.62 bits per heavy atom. The first kappa shape index (κ1) is 9.77. The Bertz CT molecular complexity index is 297. The lowest BCUT2D eigenvalue weighted by Crippen LogP contribution is -2.10. The molecule has 0 saturated carbocycles. The molecule has 0 bridgehead atoms. The van der Waals surface area contributed by atoms with Crippen molar-refractivity contribution in [3.8, 4) is 0 Å². The van der Waals surface area contributed by atoms with Gasteiger partial charge in [-0.2, -0.15) is 13.2 Å². The van der Waals surface area contributed by atoms with Crippen LogP contribution in [-0.2, 0) is 0 Å². The molecule has 0 saturated heterocycles. The highest BCUT2D eigenvalue weighted by Gasteiger charge is 2.34. The van der Waals surface area contributed by atoms with E-state index in [-0.39, 0.29) is 5.56 Å². The monoisotopic (exact) mass is 190 g/mol. The van der Waals surface area contributed by atoms with E-state index < -0.39 is 18.1 Å². The van der Waals surface area contributed by atoms with Crippen LogP contribution in [0, 0.1) is 0 Å². The van der Waals surface area contributed by atoms with E-state index in [1.807, 2.05) is 0 Å². The van der Waals surface area contributed by atoms with Crippen LogP contribution in [0.1, 0.15) is 5.56 Å². The fourth-order valence-corrected chi connectivity index (χ4v) is 0.906. The molecule has 0 aromatic heterocycles. The van der Waals surface area contributed by atoms with Crippen molar-refractivity contribution in [3.05, 3.63) is 42.2 Å². The Kier molecular flexibility index (Phi) is 2.70. The van der Waals surface area contributed by atoms with Crippen LogP contribution in [0.2, 0.25) is 0 Å². The van der Waals surface area contributed by atoms with Crippen LogP contribution >= 0.6 is 0 Å². The van der Waals surface area contributed by atoms with Gasteiger partial charge in [0.25, 0.3) is 0 Å². The van der Waals surface area contributed by atoms with Gasteiger partial charge in [-0.15, -0.1) is 0 Å². The van der Waals surface area contributed by atoms with Gasteiger partial charge < -0.3 is 0 Å². The van der Waals surface area contributed by atoms with Crippen LogP contribution in [0.4, 0.5) is 17.6 Å². The van der Waals surface area contributed by atoms with Gasteiger partial charge >= 0.3 is 6.18 Å². The molecule has 0 aliphatic carbocycles. The molecule has 0 fully saturated rings. The average molecular weight is 190 g/mol. The van der Waals surface area contributed by atoms with E-state index in [0.717, 1.165) is 0 Å². The largest absolute Gasteiger partial charge is 0.419 e. The maximum Gasteiger partial charge on any atom is 0.419 e. The minimum Gasteiger partial charge on any atom is -0.215 e. The summed E-state index contributed by atoms with van der Waals surface area (Å²) in [4.78, 5) is 0. The van der Waals surface area contributed by atoms with Crippen molar-refractivity contribution in [2.24, 2.45) is 0 Å². The summed E-state index contributed by atoms with van der Waals surface area (Å²) < 4.78 is 48.3. The molecular weight excluding hydrogens is 184 g/mol. The third-order valence-electron chi connectivity index (χ3n) is 1.50. The Balaban J connectivity index is 3.08. The molecule has 0 spiro atoms.